The summed E-state index contributed by atoms with van der Waals surface area (Å²) in [7, 11) is 1.68. The summed E-state index contributed by atoms with van der Waals surface area (Å²) < 4.78 is 3.35. The van der Waals surface area contributed by atoms with Crippen molar-refractivity contribution in [3.05, 3.63) is 66.4 Å². The standard InChI is InChI=1S/C18H20N6O2/c1-23-16(21-17(25)11-14-5-3-2-4-6-14)12-15(22-23)18(26)20-8-10-24-9-7-19-13-24/h2-7,9,12-13H,8,10-11H2,1H3,(H,20,26)(H,21,25). The van der Waals surface area contributed by atoms with Gasteiger partial charge in [0.15, 0.2) is 5.69 Å². The average molecular weight is 352 g/mol. The first kappa shape index (κ1) is 17.4. The lowest BCUT2D eigenvalue weighted by atomic mass is 10.1. The number of amides is 2. The van der Waals surface area contributed by atoms with Crippen molar-refractivity contribution in [1.29, 1.82) is 0 Å². The van der Waals surface area contributed by atoms with Crippen LogP contribution in [0.15, 0.2) is 55.1 Å². The van der Waals surface area contributed by atoms with Gasteiger partial charge in [-0.25, -0.2) is 4.98 Å². The second kappa shape index (κ2) is 8.11. The molecule has 26 heavy (non-hydrogen) atoms. The van der Waals surface area contributed by atoms with Crippen molar-refractivity contribution in [1.82, 2.24) is 24.6 Å². The molecule has 2 heterocycles. The highest BCUT2D eigenvalue weighted by Gasteiger charge is 2.14. The lowest BCUT2D eigenvalue weighted by molar-refractivity contribution is -0.115. The molecule has 0 unspecified atom stereocenters. The number of nitrogens with one attached hydrogen (secondary N) is 2. The fourth-order valence-corrected chi connectivity index (χ4v) is 2.47. The minimum absolute atomic E-state index is 0.161. The molecule has 2 N–H and O–H groups in total. The molecule has 0 bridgehead atoms. The number of aromatic nitrogens is 4. The van der Waals surface area contributed by atoms with Crippen LogP contribution in [0.25, 0.3) is 0 Å². The number of rotatable bonds is 7. The van der Waals surface area contributed by atoms with Gasteiger partial charge in [-0.15, -0.1) is 0 Å². The average Bonchev–Trinajstić information content (AvgIpc) is 3.26. The van der Waals surface area contributed by atoms with Gasteiger partial charge in [0, 0.05) is 38.6 Å². The number of anilines is 1. The first-order valence-electron chi connectivity index (χ1n) is 8.23. The van der Waals surface area contributed by atoms with E-state index in [1.807, 2.05) is 41.1 Å². The second-order valence-electron chi connectivity index (χ2n) is 5.81. The fourth-order valence-electron chi connectivity index (χ4n) is 2.47. The molecule has 2 aromatic heterocycles. The van der Waals surface area contributed by atoms with Crippen LogP contribution < -0.4 is 10.6 Å². The molecule has 0 spiro atoms. The van der Waals surface area contributed by atoms with Crippen molar-refractivity contribution in [2.75, 3.05) is 11.9 Å². The second-order valence-corrected chi connectivity index (χ2v) is 5.81. The molecule has 0 saturated heterocycles. The van der Waals surface area contributed by atoms with E-state index in [2.05, 4.69) is 20.7 Å². The van der Waals surface area contributed by atoms with Gasteiger partial charge in [0.25, 0.3) is 5.91 Å². The van der Waals surface area contributed by atoms with Crippen molar-refractivity contribution in [3.8, 4) is 0 Å². The molecule has 3 rings (SSSR count). The SMILES string of the molecule is Cn1nc(C(=O)NCCn2ccnc2)cc1NC(=O)Cc1ccccc1. The van der Waals surface area contributed by atoms with Crippen LogP contribution >= 0.6 is 0 Å². The molecule has 8 heteroatoms. The largest absolute Gasteiger partial charge is 0.349 e. The Morgan fingerprint density at radius 2 is 2.00 bits per heavy atom. The van der Waals surface area contributed by atoms with E-state index in [0.29, 0.717) is 18.9 Å². The van der Waals surface area contributed by atoms with Crippen LogP contribution in [0.4, 0.5) is 5.82 Å². The highest BCUT2D eigenvalue weighted by Crippen LogP contribution is 2.10. The topological polar surface area (TPSA) is 93.8 Å². The molecule has 0 saturated carbocycles. The van der Waals surface area contributed by atoms with Gasteiger partial charge in [-0.05, 0) is 5.56 Å². The molecule has 0 radical (unpaired) electrons. The van der Waals surface area contributed by atoms with E-state index in [9.17, 15) is 9.59 Å². The summed E-state index contributed by atoms with van der Waals surface area (Å²) in [4.78, 5) is 28.3. The third kappa shape index (κ3) is 4.56. The number of benzene rings is 1. The van der Waals surface area contributed by atoms with E-state index in [1.165, 1.54) is 4.68 Å². The van der Waals surface area contributed by atoms with Gasteiger partial charge in [-0.3, -0.25) is 14.3 Å². The Morgan fingerprint density at radius 1 is 1.19 bits per heavy atom. The first-order valence-corrected chi connectivity index (χ1v) is 8.23. The zero-order valence-electron chi connectivity index (χ0n) is 14.4. The molecule has 0 aliphatic carbocycles. The van der Waals surface area contributed by atoms with Crippen LogP contribution in [-0.2, 0) is 24.8 Å². The molecule has 0 fully saturated rings. The van der Waals surface area contributed by atoms with Gasteiger partial charge in [-0.1, -0.05) is 30.3 Å². The lowest BCUT2D eigenvalue weighted by Crippen LogP contribution is -2.27. The number of hydrogen-bond acceptors (Lipinski definition) is 4. The van der Waals surface area contributed by atoms with Crippen LogP contribution in [0.5, 0.6) is 0 Å². The van der Waals surface area contributed by atoms with Crippen molar-refractivity contribution in [2.45, 2.75) is 13.0 Å². The van der Waals surface area contributed by atoms with Gasteiger partial charge < -0.3 is 15.2 Å². The molecule has 8 nitrogen and oxygen atoms in total. The first-order chi connectivity index (χ1) is 12.6. The van der Waals surface area contributed by atoms with Crippen LogP contribution in [0.3, 0.4) is 0 Å². The van der Waals surface area contributed by atoms with E-state index in [0.717, 1.165) is 5.56 Å². The maximum absolute atomic E-state index is 12.2. The summed E-state index contributed by atoms with van der Waals surface area (Å²) in [6, 6.07) is 11.0. The predicted molar refractivity (Wildman–Crippen MR) is 96.5 cm³/mol. The molecular weight excluding hydrogens is 332 g/mol. The number of imidazole rings is 1. The van der Waals surface area contributed by atoms with Crippen LogP contribution in [0, 0.1) is 0 Å². The smallest absolute Gasteiger partial charge is 0.271 e. The van der Waals surface area contributed by atoms with Crippen LogP contribution in [0.2, 0.25) is 0 Å². The van der Waals surface area contributed by atoms with Crippen molar-refractivity contribution in [2.24, 2.45) is 7.05 Å². The molecule has 0 atom stereocenters. The number of aryl methyl sites for hydroxylation is 1. The highest BCUT2D eigenvalue weighted by molar-refractivity contribution is 5.95. The molecule has 0 aliphatic rings. The monoisotopic (exact) mass is 352 g/mol. The number of carbonyl (C=O) groups excluding carboxylic acids is 2. The van der Waals surface area contributed by atoms with Crippen molar-refractivity contribution < 1.29 is 9.59 Å². The molecule has 0 aliphatic heterocycles. The van der Waals surface area contributed by atoms with Crippen molar-refractivity contribution in [3.63, 3.8) is 0 Å². The molecule has 1 aromatic carbocycles. The summed E-state index contributed by atoms with van der Waals surface area (Å²) in [5.74, 6) is 0.0289. The Labute approximate surface area is 150 Å². The van der Waals surface area contributed by atoms with Gasteiger partial charge in [-0.2, -0.15) is 5.10 Å². The third-order valence-corrected chi connectivity index (χ3v) is 3.80. The normalized spacial score (nSPS) is 10.5. The minimum atomic E-state index is -0.288. The Kier molecular flexibility index (Phi) is 5.43. The zero-order chi connectivity index (χ0) is 18.4. The Hall–Kier alpha value is -3.42. The van der Waals surface area contributed by atoms with Gasteiger partial charge in [0.1, 0.15) is 5.82 Å². The highest BCUT2D eigenvalue weighted by atomic mass is 16.2. The van der Waals surface area contributed by atoms with Gasteiger partial charge in [0.2, 0.25) is 5.91 Å². The summed E-state index contributed by atoms with van der Waals surface area (Å²) in [5.41, 5.74) is 1.18. The minimum Gasteiger partial charge on any atom is -0.349 e. The quantitative estimate of drug-likeness (QED) is 0.669. The Bertz CT molecular complexity index is 870. The maximum Gasteiger partial charge on any atom is 0.271 e. The van der Waals surface area contributed by atoms with Gasteiger partial charge in [0.05, 0.1) is 12.7 Å². The van der Waals surface area contributed by atoms with E-state index in [4.69, 9.17) is 0 Å². The fraction of sp³-hybridized carbons (Fsp3) is 0.222. The summed E-state index contributed by atoms with van der Waals surface area (Å²) >= 11 is 0. The van der Waals surface area contributed by atoms with Gasteiger partial charge >= 0.3 is 0 Å². The summed E-state index contributed by atoms with van der Waals surface area (Å²) in [6.07, 6.45) is 5.46. The zero-order valence-corrected chi connectivity index (χ0v) is 14.4. The van der Waals surface area contributed by atoms with E-state index in [1.54, 1.807) is 25.6 Å². The van der Waals surface area contributed by atoms with Crippen LogP contribution in [-0.4, -0.2) is 37.7 Å². The molecular formula is C18H20N6O2. The van der Waals surface area contributed by atoms with Crippen LogP contribution in [0.1, 0.15) is 16.1 Å². The lowest BCUT2D eigenvalue weighted by Gasteiger charge is -2.04. The Balaban J connectivity index is 1.54. The van der Waals surface area contributed by atoms with E-state index in [-0.39, 0.29) is 23.9 Å². The number of hydrogen-bond donors (Lipinski definition) is 2. The maximum atomic E-state index is 12.2. The predicted octanol–water partition coefficient (Wildman–Crippen LogP) is 1.23. The number of nitrogens with zero attached hydrogens (tertiary/aromatic N) is 4. The third-order valence-electron chi connectivity index (χ3n) is 3.80. The molecule has 134 valence electrons. The van der Waals surface area contributed by atoms with E-state index < -0.39 is 0 Å². The van der Waals surface area contributed by atoms with E-state index >= 15 is 0 Å². The summed E-state index contributed by atoms with van der Waals surface area (Å²) in [6.45, 7) is 1.08. The number of carbonyl (C=O) groups is 2. The molecule has 3 aromatic rings. The van der Waals surface area contributed by atoms with Crippen molar-refractivity contribution >= 4 is 17.6 Å². The molecule has 2 amide bonds. The Morgan fingerprint density at radius 3 is 2.73 bits per heavy atom. The summed E-state index contributed by atoms with van der Waals surface area (Å²) in [5, 5.41) is 9.73.